The normalized spacial score (nSPS) is 12.7. The van der Waals surface area contributed by atoms with Crippen molar-refractivity contribution in [1.82, 2.24) is 5.32 Å². The molecule has 0 saturated carbocycles. The summed E-state index contributed by atoms with van der Waals surface area (Å²) in [5.41, 5.74) is 0. The van der Waals surface area contributed by atoms with Gasteiger partial charge in [0.15, 0.2) is 0 Å². The number of aliphatic hydroxyl groups is 2. The predicted molar refractivity (Wildman–Crippen MR) is 343 cm³/mol. The third-order valence-corrected chi connectivity index (χ3v) is 16.4. The first-order chi connectivity index (χ1) is 38.5. The molecular formula is C72H137NO5. The zero-order valence-electron chi connectivity index (χ0n) is 52.7. The molecule has 0 fully saturated rings. The molecule has 0 rings (SSSR count). The molecule has 2 unspecified atom stereocenters. The zero-order chi connectivity index (χ0) is 56.4. The minimum absolute atomic E-state index is 0.00000657. The van der Waals surface area contributed by atoms with Crippen molar-refractivity contribution < 1.29 is 24.5 Å². The van der Waals surface area contributed by atoms with Crippen LogP contribution in [0, 0.1) is 0 Å². The molecule has 0 spiro atoms. The lowest BCUT2D eigenvalue weighted by atomic mass is 10.0. The Balaban J connectivity index is 3.43. The van der Waals surface area contributed by atoms with E-state index < -0.39 is 12.1 Å². The van der Waals surface area contributed by atoms with Gasteiger partial charge in [-0.1, -0.05) is 346 Å². The summed E-state index contributed by atoms with van der Waals surface area (Å²) in [6.45, 7) is 4.91. The van der Waals surface area contributed by atoms with Crippen LogP contribution in [0.2, 0.25) is 0 Å². The third kappa shape index (κ3) is 63.3. The number of aliphatic hydroxyl groups excluding tert-OH is 2. The van der Waals surface area contributed by atoms with Gasteiger partial charge in [0.2, 0.25) is 5.91 Å². The molecule has 0 aromatic rings. The average Bonchev–Trinajstić information content (AvgIpc) is 3.44. The molecule has 1 amide bonds. The second-order valence-corrected chi connectivity index (χ2v) is 24.2. The van der Waals surface area contributed by atoms with E-state index in [0.717, 1.165) is 51.4 Å². The second kappa shape index (κ2) is 67.6. The lowest BCUT2D eigenvalue weighted by Crippen LogP contribution is -2.45. The average molecular weight is 1100 g/mol. The van der Waals surface area contributed by atoms with Gasteiger partial charge in [-0.25, -0.2) is 0 Å². The van der Waals surface area contributed by atoms with Crippen molar-refractivity contribution in [2.45, 2.75) is 398 Å². The number of unbranched alkanes of at least 4 members (excludes halogenated alkanes) is 51. The fraction of sp³-hybridized carbons (Fsp3) is 0.889. The summed E-state index contributed by atoms with van der Waals surface area (Å²) >= 11 is 0. The summed E-state index contributed by atoms with van der Waals surface area (Å²) < 4.78 is 5.50. The number of rotatable bonds is 66. The molecule has 0 aliphatic heterocycles. The molecule has 2 atom stereocenters. The minimum Gasteiger partial charge on any atom is -0.466 e. The van der Waals surface area contributed by atoms with Crippen molar-refractivity contribution in [3.05, 3.63) is 36.5 Å². The summed E-state index contributed by atoms with van der Waals surface area (Å²) in [5.74, 6) is -0.0682. The molecule has 0 heterocycles. The van der Waals surface area contributed by atoms with Gasteiger partial charge in [0.25, 0.3) is 0 Å². The van der Waals surface area contributed by atoms with Gasteiger partial charge in [0.1, 0.15) is 0 Å². The molecule has 0 aliphatic carbocycles. The van der Waals surface area contributed by atoms with Crippen LogP contribution in [0.25, 0.3) is 0 Å². The maximum Gasteiger partial charge on any atom is 0.305 e. The Morgan fingerprint density at radius 3 is 0.987 bits per heavy atom. The molecule has 0 radical (unpaired) electrons. The van der Waals surface area contributed by atoms with Gasteiger partial charge in [0, 0.05) is 12.8 Å². The fourth-order valence-electron chi connectivity index (χ4n) is 11.0. The number of carbonyl (C=O) groups excluding carboxylic acids is 2. The van der Waals surface area contributed by atoms with Gasteiger partial charge < -0.3 is 20.3 Å². The maximum atomic E-state index is 12.5. The molecule has 6 heteroatoms. The van der Waals surface area contributed by atoms with E-state index in [4.69, 9.17) is 4.74 Å². The van der Waals surface area contributed by atoms with Crippen molar-refractivity contribution >= 4 is 11.9 Å². The number of esters is 1. The molecule has 0 aromatic heterocycles. The Hall–Kier alpha value is -1.92. The predicted octanol–water partition coefficient (Wildman–Crippen LogP) is 22.7. The Morgan fingerprint density at radius 1 is 0.359 bits per heavy atom. The highest BCUT2D eigenvalue weighted by molar-refractivity contribution is 5.76. The Morgan fingerprint density at radius 2 is 0.641 bits per heavy atom. The van der Waals surface area contributed by atoms with E-state index in [0.29, 0.717) is 19.4 Å². The van der Waals surface area contributed by atoms with E-state index in [1.807, 2.05) is 6.08 Å². The lowest BCUT2D eigenvalue weighted by molar-refractivity contribution is -0.143. The molecule has 78 heavy (non-hydrogen) atoms. The van der Waals surface area contributed by atoms with E-state index in [-0.39, 0.29) is 18.5 Å². The molecule has 0 bridgehead atoms. The highest BCUT2D eigenvalue weighted by Crippen LogP contribution is 2.19. The second-order valence-electron chi connectivity index (χ2n) is 24.2. The summed E-state index contributed by atoms with van der Waals surface area (Å²) in [7, 11) is 0. The van der Waals surface area contributed by atoms with Crippen LogP contribution in [-0.4, -0.2) is 47.4 Å². The number of nitrogens with one attached hydrogen (secondary N) is 1. The molecule has 3 N–H and O–H groups in total. The molecule has 6 nitrogen and oxygen atoms in total. The van der Waals surface area contributed by atoms with Crippen LogP contribution in [-0.2, 0) is 14.3 Å². The largest absolute Gasteiger partial charge is 0.466 e. The minimum atomic E-state index is -0.850. The van der Waals surface area contributed by atoms with E-state index in [1.54, 1.807) is 6.08 Å². The van der Waals surface area contributed by atoms with Crippen LogP contribution in [0.4, 0.5) is 0 Å². The van der Waals surface area contributed by atoms with Gasteiger partial charge in [-0.05, 0) is 64.2 Å². The van der Waals surface area contributed by atoms with E-state index in [9.17, 15) is 19.8 Å². The molecule has 460 valence electrons. The van der Waals surface area contributed by atoms with Crippen LogP contribution in [0.1, 0.15) is 386 Å². The van der Waals surface area contributed by atoms with Gasteiger partial charge in [-0.2, -0.15) is 0 Å². The van der Waals surface area contributed by atoms with Crippen LogP contribution >= 0.6 is 0 Å². The van der Waals surface area contributed by atoms with E-state index in [1.165, 1.54) is 308 Å². The van der Waals surface area contributed by atoms with Crippen LogP contribution in [0.15, 0.2) is 36.5 Å². The van der Waals surface area contributed by atoms with Crippen LogP contribution < -0.4 is 5.32 Å². The highest BCUT2D eigenvalue weighted by Gasteiger charge is 2.18. The highest BCUT2D eigenvalue weighted by atomic mass is 16.5. The number of hydrogen-bond donors (Lipinski definition) is 3. The van der Waals surface area contributed by atoms with Gasteiger partial charge in [-0.15, -0.1) is 0 Å². The van der Waals surface area contributed by atoms with E-state index in [2.05, 4.69) is 43.5 Å². The first-order valence-corrected chi connectivity index (χ1v) is 35.3. The van der Waals surface area contributed by atoms with Gasteiger partial charge >= 0.3 is 5.97 Å². The number of carbonyl (C=O) groups is 2. The number of hydrogen-bond acceptors (Lipinski definition) is 5. The SMILES string of the molecule is CCCCCC/C=C\C/C=C\CCCCCCCCCC(=O)OCCCCCCCCCCCCCCCCCCCCC(=O)NC(CO)C(O)/C=C/CCCCCCCCCCCCCCCCCCCCCCCCC. The van der Waals surface area contributed by atoms with Crippen molar-refractivity contribution in [2.24, 2.45) is 0 Å². The molecule has 0 saturated heterocycles. The van der Waals surface area contributed by atoms with Gasteiger partial charge in [0.05, 0.1) is 25.4 Å². The quantitative estimate of drug-likeness (QED) is 0.0320. The molecule has 0 aromatic carbocycles. The van der Waals surface area contributed by atoms with Crippen molar-refractivity contribution in [2.75, 3.05) is 13.2 Å². The summed E-state index contributed by atoms with van der Waals surface area (Å²) in [6.07, 6.45) is 86.4. The topological polar surface area (TPSA) is 95.9 Å². The Bertz CT molecular complexity index is 1260. The maximum absolute atomic E-state index is 12.5. The molecular weight excluding hydrogens is 959 g/mol. The molecule has 0 aliphatic rings. The zero-order valence-corrected chi connectivity index (χ0v) is 52.7. The summed E-state index contributed by atoms with van der Waals surface area (Å²) in [4.78, 5) is 24.6. The van der Waals surface area contributed by atoms with Crippen molar-refractivity contribution in [3.8, 4) is 0 Å². The van der Waals surface area contributed by atoms with Crippen LogP contribution in [0.3, 0.4) is 0 Å². The monoisotopic (exact) mass is 1100 g/mol. The van der Waals surface area contributed by atoms with Crippen LogP contribution in [0.5, 0.6) is 0 Å². The van der Waals surface area contributed by atoms with E-state index >= 15 is 0 Å². The fourth-order valence-corrected chi connectivity index (χ4v) is 11.0. The summed E-state index contributed by atoms with van der Waals surface area (Å²) in [6, 6.07) is -0.633. The summed E-state index contributed by atoms with van der Waals surface area (Å²) in [5, 5.41) is 23.3. The lowest BCUT2D eigenvalue weighted by Gasteiger charge is -2.20. The standard InChI is InChI=1S/C72H137NO5/c1-3-5-7-9-11-13-15-17-19-21-23-24-25-26-27-28-29-32-36-40-44-48-52-56-60-64-70(75)69(68-74)73-71(76)65-61-57-53-49-45-41-37-33-30-31-35-39-43-47-51-55-59-63-67-78-72(77)66-62-58-54-50-46-42-38-34-22-20-18-16-14-12-10-8-6-4-2/h14,16,20,22,60,64,69-70,74-75H,3-13,15,17-19,21,23-59,61-63,65-68H2,1-2H3,(H,73,76)/b16-14-,22-20-,64-60+. The Kier molecular flexibility index (Phi) is 65.9. The third-order valence-electron chi connectivity index (χ3n) is 16.4. The first-order valence-electron chi connectivity index (χ1n) is 35.3. The van der Waals surface area contributed by atoms with Crippen molar-refractivity contribution in [3.63, 3.8) is 0 Å². The van der Waals surface area contributed by atoms with Crippen molar-refractivity contribution in [1.29, 1.82) is 0 Å². The smallest absolute Gasteiger partial charge is 0.305 e. The number of allylic oxidation sites excluding steroid dienone is 5. The number of ether oxygens (including phenoxy) is 1. The first kappa shape index (κ1) is 76.1. The Labute approximate surface area is 487 Å². The number of amides is 1. The van der Waals surface area contributed by atoms with Gasteiger partial charge in [-0.3, -0.25) is 9.59 Å².